The van der Waals surface area contributed by atoms with E-state index in [0.717, 1.165) is 6.42 Å². The van der Waals surface area contributed by atoms with E-state index < -0.39 is 10.0 Å². The molecule has 0 aliphatic heterocycles. The van der Waals surface area contributed by atoms with Crippen molar-refractivity contribution in [2.75, 3.05) is 12.8 Å². The van der Waals surface area contributed by atoms with Crippen LogP contribution in [-0.2, 0) is 16.6 Å². The summed E-state index contributed by atoms with van der Waals surface area (Å²) < 4.78 is 26.5. The van der Waals surface area contributed by atoms with Gasteiger partial charge in [0.1, 0.15) is 0 Å². The Bertz CT molecular complexity index is 485. The Hall–Kier alpha value is -0.570. The van der Waals surface area contributed by atoms with Crippen molar-refractivity contribution in [3.8, 4) is 0 Å². The zero-order valence-electron chi connectivity index (χ0n) is 10.7. The van der Waals surface area contributed by atoms with Gasteiger partial charge in [0, 0.05) is 23.1 Å². The van der Waals surface area contributed by atoms with Crippen molar-refractivity contribution < 1.29 is 13.5 Å². The molecule has 0 saturated heterocycles. The number of nitrogens with zero attached hydrogens (tertiary/aromatic N) is 1. The molecule has 0 amide bonds. The van der Waals surface area contributed by atoms with Gasteiger partial charge in [-0.25, -0.2) is 13.1 Å². The van der Waals surface area contributed by atoms with Crippen molar-refractivity contribution in [1.82, 2.24) is 14.9 Å². The van der Waals surface area contributed by atoms with Gasteiger partial charge in [0.25, 0.3) is 10.0 Å². The van der Waals surface area contributed by atoms with Crippen molar-refractivity contribution in [3.05, 3.63) is 11.3 Å². The number of aromatic amines is 1. The van der Waals surface area contributed by atoms with Crippen LogP contribution >= 0.6 is 11.8 Å². The molecule has 104 valence electrons. The number of thioether (sulfide) groups is 1. The van der Waals surface area contributed by atoms with E-state index in [-0.39, 0.29) is 11.6 Å². The van der Waals surface area contributed by atoms with E-state index in [0.29, 0.717) is 23.1 Å². The molecule has 1 heterocycles. The van der Waals surface area contributed by atoms with Gasteiger partial charge in [-0.1, -0.05) is 6.92 Å². The molecule has 8 heteroatoms. The van der Waals surface area contributed by atoms with Gasteiger partial charge >= 0.3 is 0 Å². The summed E-state index contributed by atoms with van der Waals surface area (Å²) >= 11 is 1.69. The topological polar surface area (TPSA) is 95.1 Å². The van der Waals surface area contributed by atoms with Crippen LogP contribution in [0.1, 0.15) is 24.6 Å². The third kappa shape index (κ3) is 3.71. The molecule has 0 aromatic carbocycles. The molecule has 1 aromatic rings. The van der Waals surface area contributed by atoms with Crippen molar-refractivity contribution in [2.45, 2.75) is 37.2 Å². The number of nitrogens with one attached hydrogen (secondary N) is 2. The molecule has 3 N–H and O–H groups in total. The number of rotatable bonds is 7. The van der Waals surface area contributed by atoms with Crippen LogP contribution in [0.4, 0.5) is 0 Å². The van der Waals surface area contributed by atoms with E-state index in [9.17, 15) is 8.42 Å². The smallest absolute Gasteiger partial charge is 0.260 e. The Kier molecular flexibility index (Phi) is 5.64. The molecular formula is C10H19N3O3S2. The minimum absolute atomic E-state index is 0.112. The van der Waals surface area contributed by atoms with Crippen molar-refractivity contribution in [2.24, 2.45) is 0 Å². The standard InChI is InChI=1S/C10H19N3O3S2/c1-7(17-3)4-5-11-18(15,16)10-9(6-14)8(2)12-13-10/h7,11,14H,4-6H2,1-3H3,(H,12,13). The highest BCUT2D eigenvalue weighted by molar-refractivity contribution is 7.99. The van der Waals surface area contributed by atoms with E-state index in [1.807, 2.05) is 13.2 Å². The molecular weight excluding hydrogens is 274 g/mol. The first kappa shape index (κ1) is 15.5. The normalized spacial score (nSPS) is 13.8. The lowest BCUT2D eigenvalue weighted by Gasteiger charge is -2.09. The van der Waals surface area contributed by atoms with Crippen molar-refractivity contribution in [3.63, 3.8) is 0 Å². The number of sulfonamides is 1. The molecule has 18 heavy (non-hydrogen) atoms. The SMILES string of the molecule is CSC(C)CCNS(=O)(=O)c1n[nH]c(C)c1CO. The van der Waals surface area contributed by atoms with Crippen LogP contribution in [0, 0.1) is 6.92 Å². The Morgan fingerprint density at radius 1 is 1.56 bits per heavy atom. The first-order valence-electron chi connectivity index (χ1n) is 5.59. The molecule has 0 saturated carbocycles. The fourth-order valence-electron chi connectivity index (χ4n) is 1.42. The predicted octanol–water partition coefficient (Wildman–Crippen LogP) is 0.630. The van der Waals surface area contributed by atoms with Gasteiger partial charge in [-0.05, 0) is 19.6 Å². The van der Waals surface area contributed by atoms with Gasteiger partial charge in [0.05, 0.1) is 6.61 Å². The second-order valence-electron chi connectivity index (χ2n) is 4.02. The van der Waals surface area contributed by atoms with E-state index in [1.54, 1.807) is 18.7 Å². The lowest BCUT2D eigenvalue weighted by Crippen LogP contribution is -2.27. The Morgan fingerprint density at radius 2 is 2.22 bits per heavy atom. The molecule has 6 nitrogen and oxygen atoms in total. The number of hydrogen-bond donors (Lipinski definition) is 3. The lowest BCUT2D eigenvalue weighted by atomic mass is 10.3. The van der Waals surface area contributed by atoms with Gasteiger partial charge in [0.15, 0.2) is 5.03 Å². The highest BCUT2D eigenvalue weighted by atomic mass is 32.2. The number of aliphatic hydroxyl groups is 1. The minimum Gasteiger partial charge on any atom is -0.392 e. The predicted molar refractivity (Wildman–Crippen MR) is 72.0 cm³/mol. The van der Waals surface area contributed by atoms with Crippen LogP contribution in [0.15, 0.2) is 5.03 Å². The Balaban J connectivity index is 2.74. The van der Waals surface area contributed by atoms with E-state index in [4.69, 9.17) is 5.11 Å². The quantitative estimate of drug-likeness (QED) is 0.685. The highest BCUT2D eigenvalue weighted by Gasteiger charge is 2.22. The second kappa shape index (κ2) is 6.55. The first-order valence-corrected chi connectivity index (χ1v) is 8.36. The molecule has 1 unspecified atom stereocenters. The molecule has 0 radical (unpaired) electrons. The monoisotopic (exact) mass is 293 g/mol. The molecule has 0 bridgehead atoms. The van der Waals surface area contributed by atoms with Crippen LogP contribution in [-0.4, -0.2) is 41.8 Å². The summed E-state index contributed by atoms with van der Waals surface area (Å²) in [4.78, 5) is 0. The number of H-pyrrole nitrogens is 1. The molecule has 0 aliphatic rings. The average molecular weight is 293 g/mol. The van der Waals surface area contributed by atoms with Crippen LogP contribution in [0.3, 0.4) is 0 Å². The fraction of sp³-hybridized carbons (Fsp3) is 0.700. The maximum atomic E-state index is 12.0. The van der Waals surface area contributed by atoms with Crippen LogP contribution in [0.25, 0.3) is 0 Å². The molecule has 1 atom stereocenters. The molecule has 1 aromatic heterocycles. The molecule has 0 spiro atoms. The van der Waals surface area contributed by atoms with Crippen molar-refractivity contribution in [1.29, 1.82) is 0 Å². The second-order valence-corrected chi connectivity index (χ2v) is 6.98. The number of aromatic nitrogens is 2. The van der Waals surface area contributed by atoms with E-state index in [1.165, 1.54) is 0 Å². The molecule has 0 fully saturated rings. The largest absolute Gasteiger partial charge is 0.392 e. The lowest BCUT2D eigenvalue weighted by molar-refractivity contribution is 0.277. The van der Waals surface area contributed by atoms with Crippen LogP contribution in [0.5, 0.6) is 0 Å². The van der Waals surface area contributed by atoms with Gasteiger partial charge in [-0.2, -0.15) is 16.9 Å². The molecule has 0 aliphatic carbocycles. The fourth-order valence-corrected chi connectivity index (χ4v) is 3.01. The summed E-state index contributed by atoms with van der Waals surface area (Å²) in [6.07, 6.45) is 2.73. The third-order valence-corrected chi connectivity index (χ3v) is 5.17. The van der Waals surface area contributed by atoms with Crippen molar-refractivity contribution >= 4 is 21.8 Å². The number of hydrogen-bond acceptors (Lipinski definition) is 5. The number of aryl methyl sites for hydroxylation is 1. The van der Waals surface area contributed by atoms with Gasteiger partial charge in [-0.3, -0.25) is 5.10 Å². The molecule has 1 rings (SSSR count). The summed E-state index contributed by atoms with van der Waals surface area (Å²) in [6, 6.07) is 0. The van der Waals surface area contributed by atoms with E-state index in [2.05, 4.69) is 14.9 Å². The average Bonchev–Trinajstić information content (AvgIpc) is 2.70. The van der Waals surface area contributed by atoms with Gasteiger partial charge in [0.2, 0.25) is 0 Å². The van der Waals surface area contributed by atoms with Gasteiger partial charge < -0.3 is 5.11 Å². The zero-order chi connectivity index (χ0) is 13.8. The van der Waals surface area contributed by atoms with E-state index >= 15 is 0 Å². The minimum atomic E-state index is -3.65. The zero-order valence-corrected chi connectivity index (χ0v) is 12.4. The van der Waals surface area contributed by atoms with Gasteiger partial charge in [-0.15, -0.1) is 0 Å². The van der Waals surface area contributed by atoms with Crippen LogP contribution < -0.4 is 4.72 Å². The maximum Gasteiger partial charge on any atom is 0.260 e. The Morgan fingerprint density at radius 3 is 2.78 bits per heavy atom. The first-order chi connectivity index (χ1) is 8.42. The highest BCUT2D eigenvalue weighted by Crippen LogP contribution is 2.16. The third-order valence-electron chi connectivity index (χ3n) is 2.69. The summed E-state index contributed by atoms with van der Waals surface area (Å²) in [5.74, 6) is 0. The summed E-state index contributed by atoms with van der Waals surface area (Å²) in [7, 11) is -3.65. The van der Waals surface area contributed by atoms with Crippen LogP contribution in [0.2, 0.25) is 0 Å². The number of aliphatic hydroxyl groups excluding tert-OH is 1. The summed E-state index contributed by atoms with van der Waals surface area (Å²) in [5, 5.41) is 15.7. The Labute approximate surface area is 112 Å². The summed E-state index contributed by atoms with van der Waals surface area (Å²) in [5.41, 5.74) is 0.885. The summed E-state index contributed by atoms with van der Waals surface area (Å²) in [6.45, 7) is 3.73. The maximum absolute atomic E-state index is 12.0.